The van der Waals surface area contributed by atoms with Crippen LogP contribution in [-0.2, 0) is 24.3 Å². The molecule has 0 atom stereocenters. The van der Waals surface area contributed by atoms with Crippen LogP contribution in [-0.4, -0.2) is 22.3 Å². The number of aromatic nitrogens is 1. The zero-order valence-corrected chi connectivity index (χ0v) is 15.0. The van der Waals surface area contributed by atoms with E-state index in [1.165, 1.54) is 16.9 Å². The van der Waals surface area contributed by atoms with Crippen LogP contribution in [0.25, 0.3) is 0 Å². The minimum Gasteiger partial charge on any atom is -0.302 e. The van der Waals surface area contributed by atoms with Crippen molar-refractivity contribution in [1.29, 1.82) is 0 Å². The van der Waals surface area contributed by atoms with Gasteiger partial charge in [0.1, 0.15) is 0 Å². The number of halogens is 1. The molecule has 2 heterocycles. The first-order valence-corrected chi connectivity index (χ1v) is 9.63. The maximum atomic E-state index is 12.1. The van der Waals surface area contributed by atoms with Crippen LogP contribution >= 0.6 is 22.9 Å². The number of hydrogen-bond acceptors (Lipinski definition) is 4. The largest absolute Gasteiger partial charge is 0.302 e. The lowest BCUT2D eigenvalue weighted by Crippen LogP contribution is -2.29. The maximum absolute atomic E-state index is 12.1. The smallest absolute Gasteiger partial charge is 0.229 e. The summed E-state index contributed by atoms with van der Waals surface area (Å²) in [5.41, 5.74) is 2.42. The number of hydrogen-bond donors (Lipinski definition) is 1. The highest BCUT2D eigenvalue weighted by Gasteiger charge is 2.27. The summed E-state index contributed by atoms with van der Waals surface area (Å²) in [6.45, 7) is 2.81. The van der Waals surface area contributed by atoms with Gasteiger partial charge in [-0.3, -0.25) is 9.69 Å². The minimum atomic E-state index is 0.144. The van der Waals surface area contributed by atoms with Gasteiger partial charge in [0.2, 0.25) is 5.91 Å². The van der Waals surface area contributed by atoms with E-state index in [1.807, 2.05) is 12.1 Å². The summed E-state index contributed by atoms with van der Waals surface area (Å²) in [5, 5.41) is 4.55. The number of nitrogens with one attached hydrogen (secondary N) is 1. The van der Waals surface area contributed by atoms with Crippen LogP contribution in [0.2, 0.25) is 5.02 Å². The highest BCUT2D eigenvalue weighted by atomic mass is 35.5. The topological polar surface area (TPSA) is 45.2 Å². The Morgan fingerprint density at radius 2 is 2.12 bits per heavy atom. The van der Waals surface area contributed by atoms with Gasteiger partial charge in [0.05, 0.1) is 5.69 Å². The zero-order chi connectivity index (χ0) is 16.5. The number of thiazole rings is 1. The second-order valence-corrected chi connectivity index (χ2v) is 8.11. The van der Waals surface area contributed by atoms with E-state index < -0.39 is 0 Å². The molecule has 2 aromatic rings. The molecule has 0 bridgehead atoms. The number of rotatable bonds is 4. The van der Waals surface area contributed by atoms with Crippen molar-refractivity contribution in [2.45, 2.75) is 38.8 Å². The van der Waals surface area contributed by atoms with Gasteiger partial charge in [-0.15, -0.1) is 11.3 Å². The molecule has 1 aromatic carbocycles. The van der Waals surface area contributed by atoms with E-state index in [1.54, 1.807) is 11.3 Å². The van der Waals surface area contributed by atoms with E-state index in [0.29, 0.717) is 0 Å². The summed E-state index contributed by atoms with van der Waals surface area (Å²) in [7, 11) is 0. The van der Waals surface area contributed by atoms with Crippen LogP contribution in [0.5, 0.6) is 0 Å². The Kier molecular flexibility index (Phi) is 4.57. The summed E-state index contributed by atoms with van der Waals surface area (Å²) >= 11 is 7.57. The van der Waals surface area contributed by atoms with E-state index in [0.717, 1.165) is 54.7 Å². The Balaban J connectivity index is 1.39. The molecule has 1 aromatic heterocycles. The molecule has 4 nitrogen and oxygen atoms in total. The first-order chi connectivity index (χ1) is 11.7. The molecule has 1 fully saturated rings. The molecule has 0 radical (unpaired) electrons. The number of benzene rings is 1. The summed E-state index contributed by atoms with van der Waals surface area (Å²) in [6.07, 6.45) is 4.16. The monoisotopic (exact) mass is 361 g/mol. The summed E-state index contributed by atoms with van der Waals surface area (Å²) < 4.78 is 0. The number of fused-ring (bicyclic) bond motifs is 1. The molecule has 1 aliphatic heterocycles. The fourth-order valence-corrected chi connectivity index (χ4v) is 4.34. The van der Waals surface area contributed by atoms with Gasteiger partial charge in [-0.25, -0.2) is 4.98 Å². The fourth-order valence-electron chi connectivity index (χ4n) is 3.16. The molecule has 1 amide bonds. The lowest BCUT2D eigenvalue weighted by atomic mass is 9.85. The third kappa shape index (κ3) is 3.48. The quantitative estimate of drug-likeness (QED) is 0.891. The molecule has 6 heteroatoms. The van der Waals surface area contributed by atoms with Crippen molar-refractivity contribution in [3.8, 4) is 0 Å². The van der Waals surface area contributed by atoms with Gasteiger partial charge in [0.15, 0.2) is 5.13 Å². The van der Waals surface area contributed by atoms with Gasteiger partial charge in [-0.1, -0.05) is 30.2 Å². The third-order valence-corrected chi connectivity index (χ3v) is 6.09. The van der Waals surface area contributed by atoms with Crippen LogP contribution in [0.15, 0.2) is 24.3 Å². The van der Waals surface area contributed by atoms with E-state index in [-0.39, 0.29) is 11.8 Å². The van der Waals surface area contributed by atoms with Crippen molar-refractivity contribution in [1.82, 2.24) is 9.88 Å². The van der Waals surface area contributed by atoms with Crippen LogP contribution in [0, 0.1) is 5.92 Å². The molecule has 2 aliphatic rings. The Labute approximate surface area is 150 Å². The second-order valence-electron chi connectivity index (χ2n) is 6.59. The first-order valence-electron chi connectivity index (χ1n) is 8.43. The number of amides is 1. The van der Waals surface area contributed by atoms with Crippen LogP contribution in [0.4, 0.5) is 5.13 Å². The van der Waals surface area contributed by atoms with Crippen molar-refractivity contribution in [3.63, 3.8) is 0 Å². The highest BCUT2D eigenvalue weighted by Crippen LogP contribution is 2.31. The number of anilines is 1. The highest BCUT2D eigenvalue weighted by molar-refractivity contribution is 7.15. The molecular formula is C18H20ClN3OS. The average molecular weight is 362 g/mol. The molecule has 4 rings (SSSR count). The van der Waals surface area contributed by atoms with Crippen molar-refractivity contribution in [2.24, 2.45) is 5.92 Å². The standard InChI is InChI=1S/C18H20ClN3OS/c19-14-6-4-12(5-7-14)10-22-9-8-15-16(11-22)24-18(20-15)21-17(23)13-2-1-3-13/h4-7,13H,1-3,8-11H2,(H,20,21,23). The van der Waals surface area contributed by atoms with E-state index in [2.05, 4.69) is 27.3 Å². The fraction of sp³-hybridized carbons (Fsp3) is 0.444. The molecule has 1 aliphatic carbocycles. The molecule has 1 saturated carbocycles. The van der Waals surface area contributed by atoms with Gasteiger partial charge in [-0.2, -0.15) is 0 Å². The Morgan fingerprint density at radius 3 is 2.83 bits per heavy atom. The van der Waals surface area contributed by atoms with Gasteiger partial charge >= 0.3 is 0 Å². The van der Waals surface area contributed by atoms with Crippen molar-refractivity contribution < 1.29 is 4.79 Å². The maximum Gasteiger partial charge on any atom is 0.229 e. The Morgan fingerprint density at radius 1 is 1.33 bits per heavy atom. The molecule has 24 heavy (non-hydrogen) atoms. The predicted octanol–water partition coefficient (Wildman–Crippen LogP) is 4.09. The molecule has 0 unspecified atom stereocenters. The molecule has 0 saturated heterocycles. The van der Waals surface area contributed by atoms with Crippen molar-refractivity contribution in [2.75, 3.05) is 11.9 Å². The first kappa shape index (κ1) is 16.1. The number of nitrogens with zero attached hydrogens (tertiary/aromatic N) is 2. The van der Waals surface area contributed by atoms with Gasteiger partial charge in [-0.05, 0) is 30.5 Å². The second kappa shape index (κ2) is 6.82. The normalized spacial score (nSPS) is 18.0. The Hall–Kier alpha value is -1.43. The van der Waals surface area contributed by atoms with Crippen LogP contribution in [0.3, 0.4) is 0 Å². The van der Waals surface area contributed by atoms with E-state index >= 15 is 0 Å². The molecule has 0 spiro atoms. The summed E-state index contributed by atoms with van der Waals surface area (Å²) in [5.74, 6) is 0.345. The minimum absolute atomic E-state index is 0.144. The lowest BCUT2D eigenvalue weighted by molar-refractivity contribution is -0.122. The van der Waals surface area contributed by atoms with Crippen LogP contribution < -0.4 is 5.32 Å². The third-order valence-electron chi connectivity index (χ3n) is 4.84. The molecule has 126 valence electrons. The number of carbonyl (C=O) groups is 1. The zero-order valence-electron chi connectivity index (χ0n) is 13.4. The summed E-state index contributed by atoms with van der Waals surface area (Å²) in [4.78, 5) is 20.4. The summed E-state index contributed by atoms with van der Waals surface area (Å²) in [6, 6.07) is 8.03. The lowest BCUT2D eigenvalue weighted by Gasteiger charge is -2.25. The SMILES string of the molecule is O=C(Nc1nc2c(s1)CN(Cc1ccc(Cl)cc1)CC2)C1CCC1. The average Bonchev–Trinajstić information content (AvgIpc) is 2.89. The Bertz CT molecular complexity index is 739. The van der Waals surface area contributed by atoms with E-state index in [4.69, 9.17) is 11.6 Å². The predicted molar refractivity (Wildman–Crippen MR) is 97.4 cm³/mol. The van der Waals surface area contributed by atoms with Gasteiger partial charge in [0.25, 0.3) is 0 Å². The van der Waals surface area contributed by atoms with Crippen LogP contribution in [0.1, 0.15) is 35.4 Å². The van der Waals surface area contributed by atoms with E-state index in [9.17, 15) is 4.79 Å². The van der Waals surface area contributed by atoms with Gasteiger partial charge < -0.3 is 5.32 Å². The number of carbonyl (C=O) groups excluding carboxylic acids is 1. The molecule has 1 N–H and O–H groups in total. The van der Waals surface area contributed by atoms with Gasteiger partial charge in [0, 0.05) is 41.9 Å². The van der Waals surface area contributed by atoms with Crippen molar-refractivity contribution >= 4 is 34.0 Å². The van der Waals surface area contributed by atoms with Crippen molar-refractivity contribution in [3.05, 3.63) is 45.4 Å². The molecular weight excluding hydrogens is 342 g/mol.